The van der Waals surface area contributed by atoms with Crippen LogP contribution in [0.4, 0.5) is 0 Å². The SMILES string of the molecule is CC(C)CCCn1c(OC2CCN(C(=O)C3CC3)CC2)nc2c1c(=O)n(C)c(=O)n2C. The highest BCUT2D eigenvalue weighted by molar-refractivity contribution is 5.81. The van der Waals surface area contributed by atoms with Gasteiger partial charge in [0.05, 0.1) is 0 Å². The predicted octanol–water partition coefficient (Wildman–Crippen LogP) is 1.65. The molecular formula is C22H33N5O4. The molecule has 170 valence electrons. The second kappa shape index (κ2) is 8.51. The van der Waals surface area contributed by atoms with Crippen LogP contribution in [0, 0.1) is 11.8 Å². The minimum Gasteiger partial charge on any atom is -0.461 e. The molecule has 0 radical (unpaired) electrons. The first kappa shape index (κ1) is 21.6. The number of imidazole rings is 1. The van der Waals surface area contributed by atoms with E-state index in [-0.39, 0.29) is 23.5 Å². The number of rotatable bonds is 7. The van der Waals surface area contributed by atoms with Gasteiger partial charge in [-0.15, -0.1) is 0 Å². The number of aromatic nitrogens is 4. The van der Waals surface area contributed by atoms with Gasteiger partial charge in [0.2, 0.25) is 5.91 Å². The summed E-state index contributed by atoms with van der Waals surface area (Å²) >= 11 is 0. The Morgan fingerprint density at radius 2 is 1.77 bits per heavy atom. The van der Waals surface area contributed by atoms with Crippen LogP contribution in [0.15, 0.2) is 9.59 Å². The number of fused-ring (bicyclic) bond motifs is 1. The summed E-state index contributed by atoms with van der Waals surface area (Å²) in [5.41, 5.74) is 0.0105. The summed E-state index contributed by atoms with van der Waals surface area (Å²) < 4.78 is 10.6. The minimum absolute atomic E-state index is 0.0650. The number of carbonyl (C=O) groups is 1. The van der Waals surface area contributed by atoms with Crippen molar-refractivity contribution in [2.75, 3.05) is 13.1 Å². The van der Waals surface area contributed by atoms with Gasteiger partial charge in [0, 0.05) is 52.5 Å². The lowest BCUT2D eigenvalue weighted by molar-refractivity contribution is -0.134. The lowest BCUT2D eigenvalue weighted by atomic mass is 10.1. The Morgan fingerprint density at radius 3 is 2.39 bits per heavy atom. The average Bonchev–Trinajstić information content (AvgIpc) is 3.54. The molecule has 0 spiro atoms. The van der Waals surface area contributed by atoms with Crippen LogP contribution in [0.3, 0.4) is 0 Å². The van der Waals surface area contributed by atoms with Crippen molar-refractivity contribution >= 4 is 17.1 Å². The molecule has 4 rings (SSSR count). The van der Waals surface area contributed by atoms with E-state index in [1.165, 1.54) is 11.6 Å². The Morgan fingerprint density at radius 1 is 1.10 bits per heavy atom. The summed E-state index contributed by atoms with van der Waals surface area (Å²) in [7, 11) is 3.12. The van der Waals surface area contributed by atoms with Gasteiger partial charge in [-0.3, -0.25) is 23.3 Å². The third-order valence-corrected chi connectivity index (χ3v) is 6.43. The highest BCUT2D eigenvalue weighted by Crippen LogP contribution is 2.32. The molecule has 9 heteroatoms. The molecule has 1 amide bonds. The first-order valence-corrected chi connectivity index (χ1v) is 11.4. The van der Waals surface area contributed by atoms with Gasteiger partial charge in [0.1, 0.15) is 6.10 Å². The van der Waals surface area contributed by atoms with E-state index in [0.29, 0.717) is 42.7 Å². The molecule has 1 saturated heterocycles. The molecule has 2 aromatic heterocycles. The molecule has 1 saturated carbocycles. The number of nitrogens with zero attached hydrogens (tertiary/aromatic N) is 5. The molecular weight excluding hydrogens is 398 g/mol. The molecule has 2 aliphatic rings. The smallest absolute Gasteiger partial charge is 0.332 e. The van der Waals surface area contributed by atoms with Gasteiger partial charge < -0.3 is 9.64 Å². The summed E-state index contributed by atoms with van der Waals surface area (Å²) in [4.78, 5) is 44.1. The lowest BCUT2D eigenvalue weighted by Gasteiger charge is -2.32. The van der Waals surface area contributed by atoms with E-state index < -0.39 is 5.69 Å². The van der Waals surface area contributed by atoms with E-state index in [0.717, 1.165) is 43.1 Å². The van der Waals surface area contributed by atoms with Gasteiger partial charge >= 0.3 is 5.69 Å². The van der Waals surface area contributed by atoms with Gasteiger partial charge in [-0.05, 0) is 31.6 Å². The number of piperidine rings is 1. The van der Waals surface area contributed by atoms with E-state index in [2.05, 4.69) is 18.8 Å². The molecule has 0 bridgehead atoms. The molecule has 1 aliphatic heterocycles. The van der Waals surface area contributed by atoms with Gasteiger partial charge in [-0.25, -0.2) is 4.79 Å². The molecule has 0 unspecified atom stereocenters. The van der Waals surface area contributed by atoms with Gasteiger partial charge in [0.15, 0.2) is 11.2 Å². The number of hydrogen-bond acceptors (Lipinski definition) is 5. The summed E-state index contributed by atoms with van der Waals surface area (Å²) in [6.45, 7) is 6.32. The van der Waals surface area contributed by atoms with Crippen molar-refractivity contribution in [3.63, 3.8) is 0 Å². The van der Waals surface area contributed by atoms with Crippen molar-refractivity contribution in [1.29, 1.82) is 0 Å². The van der Waals surface area contributed by atoms with Crippen LogP contribution < -0.4 is 16.0 Å². The Hall–Kier alpha value is -2.58. The van der Waals surface area contributed by atoms with Crippen molar-refractivity contribution in [2.24, 2.45) is 25.9 Å². The van der Waals surface area contributed by atoms with Crippen LogP contribution in [0.2, 0.25) is 0 Å². The van der Waals surface area contributed by atoms with E-state index in [4.69, 9.17) is 4.74 Å². The second-order valence-electron chi connectivity index (χ2n) is 9.38. The highest BCUT2D eigenvalue weighted by atomic mass is 16.5. The Balaban J connectivity index is 1.59. The quantitative estimate of drug-likeness (QED) is 0.665. The molecule has 2 fully saturated rings. The maximum Gasteiger partial charge on any atom is 0.332 e. The largest absolute Gasteiger partial charge is 0.461 e. The fourth-order valence-electron chi connectivity index (χ4n) is 4.31. The van der Waals surface area contributed by atoms with Crippen LogP contribution in [0.5, 0.6) is 6.01 Å². The Kier molecular flexibility index (Phi) is 5.94. The summed E-state index contributed by atoms with van der Waals surface area (Å²) in [6, 6.07) is 0.393. The molecule has 0 N–H and O–H groups in total. The van der Waals surface area contributed by atoms with Crippen LogP contribution in [0.25, 0.3) is 11.2 Å². The van der Waals surface area contributed by atoms with Crippen LogP contribution in [-0.4, -0.2) is 48.7 Å². The molecule has 1 aliphatic carbocycles. The first-order chi connectivity index (χ1) is 14.8. The molecule has 0 aromatic carbocycles. The Labute approximate surface area is 181 Å². The van der Waals surface area contributed by atoms with Crippen molar-refractivity contribution in [2.45, 2.75) is 65.0 Å². The van der Waals surface area contributed by atoms with E-state index in [1.54, 1.807) is 7.05 Å². The second-order valence-corrected chi connectivity index (χ2v) is 9.38. The zero-order valence-corrected chi connectivity index (χ0v) is 19.0. The third kappa shape index (κ3) is 4.27. The predicted molar refractivity (Wildman–Crippen MR) is 117 cm³/mol. The molecule has 0 atom stereocenters. The maximum absolute atomic E-state index is 12.9. The average molecular weight is 432 g/mol. The van der Waals surface area contributed by atoms with E-state index in [1.807, 2.05) is 9.47 Å². The molecule has 9 nitrogen and oxygen atoms in total. The van der Waals surface area contributed by atoms with E-state index >= 15 is 0 Å². The fourth-order valence-corrected chi connectivity index (χ4v) is 4.31. The zero-order valence-electron chi connectivity index (χ0n) is 19.0. The highest BCUT2D eigenvalue weighted by Gasteiger charge is 2.35. The van der Waals surface area contributed by atoms with Crippen molar-refractivity contribution < 1.29 is 9.53 Å². The monoisotopic (exact) mass is 431 g/mol. The van der Waals surface area contributed by atoms with Crippen LogP contribution >= 0.6 is 0 Å². The number of amides is 1. The normalized spacial score (nSPS) is 17.6. The molecule has 2 aromatic rings. The number of carbonyl (C=O) groups excluding carboxylic acids is 1. The maximum atomic E-state index is 12.9. The Bertz CT molecular complexity index is 1080. The van der Waals surface area contributed by atoms with Crippen LogP contribution in [0.1, 0.15) is 52.4 Å². The molecule has 3 heterocycles. The van der Waals surface area contributed by atoms with Crippen LogP contribution in [-0.2, 0) is 25.4 Å². The topological polar surface area (TPSA) is 91.4 Å². The van der Waals surface area contributed by atoms with Gasteiger partial charge in [-0.2, -0.15) is 4.98 Å². The van der Waals surface area contributed by atoms with Gasteiger partial charge in [-0.1, -0.05) is 13.8 Å². The summed E-state index contributed by atoms with van der Waals surface area (Å²) in [6.07, 6.45) is 5.36. The van der Waals surface area contributed by atoms with E-state index in [9.17, 15) is 14.4 Å². The van der Waals surface area contributed by atoms with Crippen molar-refractivity contribution in [3.8, 4) is 6.01 Å². The molecule has 31 heavy (non-hydrogen) atoms. The lowest BCUT2D eigenvalue weighted by Crippen LogP contribution is -2.42. The summed E-state index contributed by atoms with van der Waals surface area (Å²) in [5.74, 6) is 1.07. The standard InChI is InChI=1S/C22H33N5O4/c1-14(2)6-5-11-27-17-18(24(3)22(30)25(4)20(17)29)23-21(27)31-16-9-12-26(13-10-16)19(28)15-7-8-15/h14-16H,5-13H2,1-4H3. The van der Waals surface area contributed by atoms with Crippen molar-refractivity contribution in [1.82, 2.24) is 23.6 Å². The zero-order chi connectivity index (χ0) is 22.3. The number of ether oxygens (including phenoxy) is 1. The number of likely N-dealkylation sites (tertiary alicyclic amines) is 1. The van der Waals surface area contributed by atoms with Gasteiger partial charge in [0.25, 0.3) is 11.6 Å². The minimum atomic E-state index is -0.400. The fraction of sp³-hybridized carbons (Fsp3) is 0.727. The summed E-state index contributed by atoms with van der Waals surface area (Å²) in [5, 5.41) is 0. The number of hydrogen-bond donors (Lipinski definition) is 0. The first-order valence-electron chi connectivity index (χ1n) is 11.4. The van der Waals surface area contributed by atoms with Crippen molar-refractivity contribution in [3.05, 3.63) is 20.8 Å². The third-order valence-electron chi connectivity index (χ3n) is 6.43. The number of aryl methyl sites for hydroxylation is 2.